The van der Waals surface area contributed by atoms with Crippen molar-refractivity contribution in [3.63, 3.8) is 0 Å². The van der Waals surface area contributed by atoms with Crippen molar-refractivity contribution in [2.75, 3.05) is 0 Å². The van der Waals surface area contributed by atoms with Gasteiger partial charge in [0.1, 0.15) is 11.6 Å². The number of pyridine rings is 1. The Morgan fingerprint density at radius 1 is 1.35 bits per heavy atom. The fraction of sp³-hybridized carbons (Fsp3) is 0.214. The zero-order valence-electron chi connectivity index (χ0n) is 10.9. The summed E-state index contributed by atoms with van der Waals surface area (Å²) in [5.74, 6) is -0.0775. The molecule has 106 valence electrons. The van der Waals surface area contributed by atoms with Crippen LogP contribution < -0.4 is 4.74 Å². The first kappa shape index (κ1) is 15.2. The van der Waals surface area contributed by atoms with Crippen LogP contribution >= 0.6 is 27.5 Å². The Balaban J connectivity index is 2.47. The number of ether oxygens (including phenoxy) is 1. The smallest absolute Gasteiger partial charge is 0.225 e. The zero-order chi connectivity index (χ0) is 14.9. The number of aliphatic hydroxyl groups is 1. The van der Waals surface area contributed by atoms with E-state index in [9.17, 15) is 9.50 Å². The van der Waals surface area contributed by atoms with E-state index in [1.807, 2.05) is 19.9 Å². The summed E-state index contributed by atoms with van der Waals surface area (Å²) in [6.07, 6.45) is 0. The van der Waals surface area contributed by atoms with E-state index < -0.39 is 5.82 Å². The van der Waals surface area contributed by atoms with Crippen molar-refractivity contribution in [1.29, 1.82) is 0 Å². The van der Waals surface area contributed by atoms with E-state index in [0.29, 0.717) is 10.0 Å². The maximum atomic E-state index is 13.5. The summed E-state index contributed by atoms with van der Waals surface area (Å²) in [7, 11) is 0. The van der Waals surface area contributed by atoms with Crippen molar-refractivity contribution in [2.24, 2.45) is 0 Å². The Bertz CT molecular complexity index is 664. The second kappa shape index (κ2) is 6.08. The van der Waals surface area contributed by atoms with Crippen molar-refractivity contribution < 1.29 is 14.2 Å². The predicted molar refractivity (Wildman–Crippen MR) is 78.8 cm³/mol. The minimum atomic E-state index is -0.584. The molecule has 3 nitrogen and oxygen atoms in total. The number of benzene rings is 1. The molecule has 0 aliphatic heterocycles. The van der Waals surface area contributed by atoms with Crippen LogP contribution in [0.3, 0.4) is 0 Å². The van der Waals surface area contributed by atoms with Crippen molar-refractivity contribution in [3.05, 3.63) is 50.3 Å². The molecule has 0 aliphatic rings. The summed E-state index contributed by atoms with van der Waals surface area (Å²) in [4.78, 5) is 4.23. The summed E-state index contributed by atoms with van der Waals surface area (Å²) in [5.41, 5.74) is 2.18. The SMILES string of the molecule is Cc1cc(C)c(CO)c(Oc2cc(F)c(Cl)cc2Br)n1. The van der Waals surface area contributed by atoms with Crippen molar-refractivity contribution in [3.8, 4) is 11.6 Å². The Morgan fingerprint density at radius 3 is 2.70 bits per heavy atom. The van der Waals surface area contributed by atoms with Crippen LogP contribution in [0.4, 0.5) is 4.39 Å². The number of halogens is 3. The Hall–Kier alpha value is -1.17. The van der Waals surface area contributed by atoms with Gasteiger partial charge in [-0.3, -0.25) is 0 Å². The van der Waals surface area contributed by atoms with Crippen LogP contribution in [0.15, 0.2) is 22.7 Å². The van der Waals surface area contributed by atoms with E-state index >= 15 is 0 Å². The minimum absolute atomic E-state index is 0.0000105. The minimum Gasteiger partial charge on any atom is -0.437 e. The van der Waals surface area contributed by atoms with Gasteiger partial charge in [-0.15, -0.1) is 0 Å². The topological polar surface area (TPSA) is 42.4 Å². The van der Waals surface area contributed by atoms with Gasteiger partial charge in [-0.05, 0) is 47.5 Å². The number of aromatic nitrogens is 1. The lowest BCUT2D eigenvalue weighted by atomic mass is 10.1. The molecule has 1 aromatic heterocycles. The van der Waals surface area contributed by atoms with Crippen LogP contribution in [0.2, 0.25) is 5.02 Å². The third-order valence-electron chi connectivity index (χ3n) is 2.78. The molecule has 20 heavy (non-hydrogen) atoms. The normalized spacial score (nSPS) is 10.7. The number of hydrogen-bond acceptors (Lipinski definition) is 3. The molecule has 1 aromatic carbocycles. The molecule has 0 fully saturated rings. The molecule has 1 heterocycles. The molecule has 0 unspecified atom stereocenters. The summed E-state index contributed by atoms with van der Waals surface area (Å²) < 4.78 is 19.6. The van der Waals surface area contributed by atoms with Crippen molar-refractivity contribution >= 4 is 27.5 Å². The number of hydrogen-bond donors (Lipinski definition) is 1. The molecule has 1 N–H and O–H groups in total. The lowest BCUT2D eigenvalue weighted by Crippen LogP contribution is -2.00. The fourth-order valence-corrected chi connectivity index (χ4v) is 2.51. The second-order valence-corrected chi connectivity index (χ2v) is 5.58. The van der Waals surface area contributed by atoms with Gasteiger partial charge in [-0.25, -0.2) is 9.37 Å². The highest BCUT2D eigenvalue weighted by Gasteiger charge is 2.14. The first-order valence-corrected chi connectivity index (χ1v) is 7.00. The second-order valence-electron chi connectivity index (χ2n) is 4.32. The molecule has 2 aromatic rings. The van der Waals surface area contributed by atoms with Crippen LogP contribution in [0, 0.1) is 19.7 Å². The van der Waals surface area contributed by atoms with Gasteiger partial charge >= 0.3 is 0 Å². The summed E-state index contributed by atoms with van der Waals surface area (Å²) in [6.45, 7) is 3.46. The molecule has 0 atom stereocenters. The Labute approximate surface area is 129 Å². The van der Waals surface area contributed by atoms with Gasteiger partial charge in [0.2, 0.25) is 5.88 Å². The highest BCUT2D eigenvalue weighted by molar-refractivity contribution is 9.10. The van der Waals surface area contributed by atoms with Gasteiger partial charge in [0.25, 0.3) is 0 Å². The Morgan fingerprint density at radius 2 is 2.05 bits per heavy atom. The highest BCUT2D eigenvalue weighted by atomic mass is 79.9. The van der Waals surface area contributed by atoms with Crippen LogP contribution in [-0.2, 0) is 6.61 Å². The lowest BCUT2D eigenvalue weighted by Gasteiger charge is -2.13. The van der Waals surface area contributed by atoms with Gasteiger partial charge in [0.15, 0.2) is 0 Å². The fourth-order valence-electron chi connectivity index (χ4n) is 1.79. The molecule has 2 rings (SSSR count). The largest absolute Gasteiger partial charge is 0.437 e. The quantitative estimate of drug-likeness (QED) is 0.817. The predicted octanol–water partition coefficient (Wildman–Crippen LogP) is 4.54. The van der Waals surface area contributed by atoms with Gasteiger partial charge in [0.05, 0.1) is 16.1 Å². The number of aryl methyl sites for hydroxylation is 2. The van der Waals surface area contributed by atoms with E-state index in [1.54, 1.807) is 0 Å². The third-order valence-corrected chi connectivity index (χ3v) is 3.69. The van der Waals surface area contributed by atoms with E-state index in [-0.39, 0.29) is 23.3 Å². The molecule has 0 saturated heterocycles. The lowest BCUT2D eigenvalue weighted by molar-refractivity contribution is 0.274. The molecular formula is C14H12BrClFNO2. The van der Waals surface area contributed by atoms with E-state index in [4.69, 9.17) is 16.3 Å². The Kier molecular flexibility index (Phi) is 4.62. The molecule has 0 spiro atoms. The van der Waals surface area contributed by atoms with Crippen LogP contribution in [0.25, 0.3) is 0 Å². The highest BCUT2D eigenvalue weighted by Crippen LogP contribution is 2.35. The first-order valence-electron chi connectivity index (χ1n) is 5.82. The maximum Gasteiger partial charge on any atom is 0.225 e. The first-order chi connectivity index (χ1) is 9.42. The summed E-state index contributed by atoms with van der Waals surface area (Å²) in [5, 5.41) is 9.41. The standard InChI is InChI=1S/C14H12BrClFNO2/c1-7-3-8(2)18-14(9(7)6-19)20-13-5-12(17)11(16)4-10(13)15/h3-5,19H,6H2,1-2H3. The number of aliphatic hydroxyl groups excluding tert-OH is 1. The number of nitrogens with zero attached hydrogens (tertiary/aromatic N) is 1. The molecule has 0 radical (unpaired) electrons. The maximum absolute atomic E-state index is 13.5. The van der Waals surface area contributed by atoms with E-state index in [0.717, 1.165) is 11.3 Å². The molecule has 0 bridgehead atoms. The molecule has 0 saturated carbocycles. The molecule has 6 heteroatoms. The van der Waals surface area contributed by atoms with Gasteiger partial charge in [-0.2, -0.15) is 0 Å². The van der Waals surface area contributed by atoms with E-state index in [1.165, 1.54) is 12.1 Å². The van der Waals surface area contributed by atoms with Crippen LogP contribution in [0.1, 0.15) is 16.8 Å². The zero-order valence-corrected chi connectivity index (χ0v) is 13.2. The van der Waals surface area contributed by atoms with Crippen molar-refractivity contribution in [2.45, 2.75) is 20.5 Å². The van der Waals surface area contributed by atoms with Crippen LogP contribution in [0.5, 0.6) is 11.6 Å². The van der Waals surface area contributed by atoms with E-state index in [2.05, 4.69) is 20.9 Å². The summed E-state index contributed by atoms with van der Waals surface area (Å²) in [6, 6.07) is 4.43. The monoisotopic (exact) mass is 359 g/mol. The molecule has 0 amide bonds. The van der Waals surface area contributed by atoms with Gasteiger partial charge < -0.3 is 9.84 Å². The van der Waals surface area contributed by atoms with Gasteiger partial charge in [-0.1, -0.05) is 11.6 Å². The average Bonchev–Trinajstić information content (AvgIpc) is 2.35. The van der Waals surface area contributed by atoms with Crippen LogP contribution in [-0.4, -0.2) is 10.1 Å². The molecule has 0 aliphatic carbocycles. The molecular weight excluding hydrogens is 349 g/mol. The average molecular weight is 361 g/mol. The summed E-state index contributed by atoms with van der Waals surface area (Å²) >= 11 is 8.94. The van der Waals surface area contributed by atoms with Crippen molar-refractivity contribution in [1.82, 2.24) is 4.98 Å². The number of rotatable bonds is 3. The third kappa shape index (κ3) is 3.11. The van der Waals surface area contributed by atoms with Gasteiger partial charge in [0, 0.05) is 17.3 Å².